The van der Waals surface area contributed by atoms with Gasteiger partial charge in [0.2, 0.25) is 5.91 Å². The lowest BCUT2D eigenvalue weighted by atomic mass is 9.91. The highest BCUT2D eigenvalue weighted by atomic mass is 19.2. The van der Waals surface area contributed by atoms with Crippen molar-refractivity contribution < 1.29 is 28.3 Å². The zero-order valence-electron chi connectivity index (χ0n) is 17.7. The number of ether oxygens (including phenoxy) is 1. The van der Waals surface area contributed by atoms with Crippen LogP contribution in [0.5, 0.6) is 0 Å². The van der Waals surface area contributed by atoms with Crippen molar-refractivity contribution in [2.24, 2.45) is 22.9 Å². The number of piperidine rings is 1. The summed E-state index contributed by atoms with van der Waals surface area (Å²) in [4.78, 5) is 26.6. The van der Waals surface area contributed by atoms with Crippen LogP contribution in [0.1, 0.15) is 40.2 Å². The number of carbonyl (C=O) groups is 2. The van der Waals surface area contributed by atoms with Crippen LogP contribution in [0.15, 0.2) is 23.4 Å². The third-order valence-corrected chi connectivity index (χ3v) is 5.48. The molecule has 1 heterocycles. The van der Waals surface area contributed by atoms with Crippen molar-refractivity contribution in [3.05, 3.63) is 35.4 Å². The molecule has 2 N–H and O–H groups in total. The maximum atomic E-state index is 14.2. The SMILES string of the molecule is CC(C)(C)OC(=O)N1C[C@@H]2C(C(=O)NC(C)(C)C(=NO)c3cccc(F)c3F)[C@@H]2C1. The molecule has 0 bridgehead atoms. The second-order valence-electron chi connectivity index (χ2n) is 9.40. The minimum Gasteiger partial charge on any atom is -0.444 e. The lowest BCUT2D eigenvalue weighted by Crippen LogP contribution is -2.51. The van der Waals surface area contributed by atoms with Crippen molar-refractivity contribution in [3.63, 3.8) is 0 Å². The fourth-order valence-corrected chi connectivity index (χ4v) is 4.04. The Kier molecular flexibility index (Phi) is 5.51. The Balaban J connectivity index is 1.63. The fraction of sp³-hybridized carbons (Fsp3) is 0.571. The van der Waals surface area contributed by atoms with Crippen LogP contribution in [0.25, 0.3) is 0 Å². The molecule has 0 radical (unpaired) electrons. The van der Waals surface area contributed by atoms with Crippen LogP contribution in [0.2, 0.25) is 0 Å². The van der Waals surface area contributed by atoms with E-state index < -0.39 is 28.9 Å². The first-order chi connectivity index (χ1) is 13.9. The number of benzene rings is 1. The van der Waals surface area contributed by atoms with Gasteiger partial charge in [0.15, 0.2) is 11.6 Å². The van der Waals surface area contributed by atoms with Gasteiger partial charge in [-0.2, -0.15) is 0 Å². The molecule has 2 aliphatic rings. The molecule has 0 spiro atoms. The molecule has 1 saturated heterocycles. The summed E-state index contributed by atoms with van der Waals surface area (Å²) in [6.07, 6.45) is -0.398. The molecule has 9 heteroatoms. The van der Waals surface area contributed by atoms with E-state index in [2.05, 4.69) is 10.5 Å². The summed E-state index contributed by atoms with van der Waals surface area (Å²) in [5, 5.41) is 15.3. The van der Waals surface area contributed by atoms with E-state index in [9.17, 15) is 23.6 Å². The van der Waals surface area contributed by atoms with Crippen LogP contribution >= 0.6 is 0 Å². The molecule has 30 heavy (non-hydrogen) atoms. The van der Waals surface area contributed by atoms with E-state index in [1.54, 1.807) is 39.5 Å². The first-order valence-corrected chi connectivity index (χ1v) is 9.82. The summed E-state index contributed by atoms with van der Waals surface area (Å²) in [6.45, 7) is 9.34. The standard InChI is InChI=1S/C21H27F2N3O4/c1-20(2,3)30-19(28)26-9-12-13(10-26)15(12)18(27)24-21(4,5)17(25-29)11-7-6-8-14(22)16(11)23/h6-8,12-13,15,29H,9-10H2,1-5H3,(H,24,27)/t12-,13+,15?. The van der Waals surface area contributed by atoms with Crippen molar-refractivity contribution in [2.75, 3.05) is 13.1 Å². The van der Waals surface area contributed by atoms with Gasteiger partial charge in [0.25, 0.3) is 0 Å². The van der Waals surface area contributed by atoms with E-state index in [1.807, 2.05) is 0 Å². The van der Waals surface area contributed by atoms with Crippen LogP contribution in [0, 0.1) is 29.4 Å². The minimum absolute atomic E-state index is 0.0220. The van der Waals surface area contributed by atoms with Gasteiger partial charge in [-0.3, -0.25) is 4.79 Å². The second kappa shape index (κ2) is 7.52. The largest absolute Gasteiger partial charge is 0.444 e. The van der Waals surface area contributed by atoms with Gasteiger partial charge in [-0.25, -0.2) is 13.6 Å². The highest BCUT2D eigenvalue weighted by Crippen LogP contribution is 2.52. The summed E-state index contributed by atoms with van der Waals surface area (Å²) in [6, 6.07) is 3.54. The number of hydrogen-bond acceptors (Lipinski definition) is 5. The third-order valence-electron chi connectivity index (χ3n) is 5.48. The normalized spacial score (nSPS) is 23.8. The monoisotopic (exact) mass is 423 g/mol. The molecule has 7 nitrogen and oxygen atoms in total. The molecule has 3 atom stereocenters. The van der Waals surface area contributed by atoms with E-state index in [0.29, 0.717) is 13.1 Å². The third kappa shape index (κ3) is 4.24. The summed E-state index contributed by atoms with van der Waals surface area (Å²) >= 11 is 0. The number of halogens is 2. The van der Waals surface area contributed by atoms with Crippen LogP contribution in [0.4, 0.5) is 13.6 Å². The molecule has 1 aliphatic heterocycles. The van der Waals surface area contributed by atoms with Gasteiger partial charge in [-0.15, -0.1) is 0 Å². The molecule has 164 valence electrons. The maximum absolute atomic E-state index is 14.2. The Morgan fingerprint density at radius 3 is 2.30 bits per heavy atom. The average Bonchev–Trinajstić information content (AvgIpc) is 3.11. The number of hydrogen-bond donors (Lipinski definition) is 2. The predicted octanol–water partition coefficient (Wildman–Crippen LogP) is 3.15. The Hall–Kier alpha value is -2.71. The topological polar surface area (TPSA) is 91.2 Å². The smallest absolute Gasteiger partial charge is 0.410 e. The zero-order chi connectivity index (χ0) is 22.4. The summed E-state index contributed by atoms with van der Waals surface area (Å²) in [5.74, 6) is -2.75. The molecular weight excluding hydrogens is 396 g/mol. The second-order valence-corrected chi connectivity index (χ2v) is 9.40. The van der Waals surface area contributed by atoms with Gasteiger partial charge in [-0.1, -0.05) is 11.2 Å². The molecule has 1 aromatic rings. The first-order valence-electron chi connectivity index (χ1n) is 9.82. The average molecular weight is 423 g/mol. The quantitative estimate of drug-likeness (QED) is 0.442. The van der Waals surface area contributed by atoms with Crippen molar-refractivity contribution in [1.29, 1.82) is 0 Å². The van der Waals surface area contributed by atoms with Crippen molar-refractivity contribution in [2.45, 2.75) is 45.8 Å². The number of nitrogens with one attached hydrogen (secondary N) is 1. The van der Waals surface area contributed by atoms with Crippen LogP contribution in [-0.4, -0.2) is 52.0 Å². The lowest BCUT2D eigenvalue weighted by Gasteiger charge is -2.29. The number of fused-ring (bicyclic) bond motifs is 1. The van der Waals surface area contributed by atoms with Crippen LogP contribution < -0.4 is 5.32 Å². The maximum Gasteiger partial charge on any atom is 0.410 e. The van der Waals surface area contributed by atoms with Gasteiger partial charge in [0.05, 0.1) is 5.54 Å². The van der Waals surface area contributed by atoms with Gasteiger partial charge in [0.1, 0.15) is 11.3 Å². The van der Waals surface area contributed by atoms with E-state index in [-0.39, 0.29) is 34.9 Å². The van der Waals surface area contributed by atoms with Crippen LogP contribution in [-0.2, 0) is 9.53 Å². The summed E-state index contributed by atoms with van der Waals surface area (Å²) < 4.78 is 33.1. The highest BCUT2D eigenvalue weighted by molar-refractivity contribution is 6.08. The molecule has 1 saturated carbocycles. The van der Waals surface area contributed by atoms with E-state index in [1.165, 1.54) is 12.1 Å². The van der Waals surface area contributed by atoms with Gasteiger partial charge < -0.3 is 20.2 Å². The number of carbonyl (C=O) groups excluding carboxylic acids is 2. The number of rotatable bonds is 4. The number of oxime groups is 1. The minimum atomic E-state index is -1.25. The Labute approximate surface area is 174 Å². The Morgan fingerprint density at radius 1 is 1.17 bits per heavy atom. The molecule has 1 aromatic carbocycles. The molecule has 2 fully saturated rings. The number of nitrogens with zero attached hydrogens (tertiary/aromatic N) is 2. The first kappa shape index (κ1) is 22.0. The van der Waals surface area contributed by atoms with Gasteiger partial charge >= 0.3 is 6.09 Å². The highest BCUT2D eigenvalue weighted by Gasteiger charge is 2.61. The molecule has 1 unspecified atom stereocenters. The Bertz CT molecular complexity index is 883. The predicted molar refractivity (Wildman–Crippen MR) is 105 cm³/mol. The Morgan fingerprint density at radius 2 is 1.77 bits per heavy atom. The van der Waals surface area contributed by atoms with E-state index >= 15 is 0 Å². The number of likely N-dealkylation sites (tertiary alicyclic amines) is 1. The van der Waals surface area contributed by atoms with E-state index in [0.717, 1.165) is 6.07 Å². The van der Waals surface area contributed by atoms with Crippen molar-refractivity contribution >= 4 is 17.7 Å². The molecule has 0 aromatic heterocycles. The summed E-state index contributed by atoms with van der Waals surface area (Å²) in [7, 11) is 0. The van der Waals surface area contributed by atoms with Gasteiger partial charge in [-0.05, 0) is 58.6 Å². The molecule has 2 amide bonds. The summed E-state index contributed by atoms with van der Waals surface area (Å²) in [5.41, 5.74) is -2.25. The van der Waals surface area contributed by atoms with Crippen molar-refractivity contribution in [3.8, 4) is 0 Å². The fourth-order valence-electron chi connectivity index (χ4n) is 4.04. The lowest BCUT2D eigenvalue weighted by molar-refractivity contribution is -0.124. The number of amides is 2. The van der Waals surface area contributed by atoms with E-state index in [4.69, 9.17) is 4.74 Å². The zero-order valence-corrected chi connectivity index (χ0v) is 17.7. The van der Waals surface area contributed by atoms with Crippen LogP contribution in [0.3, 0.4) is 0 Å². The molecular formula is C21H27F2N3O4. The molecule has 1 aliphatic carbocycles. The molecule has 3 rings (SSSR count). The van der Waals surface area contributed by atoms with Crippen molar-refractivity contribution in [1.82, 2.24) is 10.2 Å². The van der Waals surface area contributed by atoms with Gasteiger partial charge in [0, 0.05) is 24.6 Å².